The van der Waals surface area contributed by atoms with Crippen molar-refractivity contribution >= 4 is 16.7 Å². The Hall–Kier alpha value is -2.79. The van der Waals surface area contributed by atoms with Crippen LogP contribution >= 0.6 is 0 Å². The van der Waals surface area contributed by atoms with Crippen LogP contribution in [-0.4, -0.2) is 51.4 Å². The highest BCUT2D eigenvalue weighted by atomic mass is 16.2. The maximum atomic E-state index is 12.9. The fourth-order valence-corrected chi connectivity index (χ4v) is 4.76. The van der Waals surface area contributed by atoms with E-state index in [0.29, 0.717) is 17.7 Å². The fraction of sp³-hybridized carbons (Fsp3) is 0.348. The van der Waals surface area contributed by atoms with Gasteiger partial charge in [-0.25, -0.2) is 4.98 Å². The standard InChI is InChI=1S/C23H24N4O/c28-23(22-12-24-10-11-25-22)27-14-17-8-9-20(16-27)26(13-17)15-19-6-3-5-18-4-1-2-7-21(18)19/h1-7,10-12,17,20H,8-9,13-16H2/t17-,20-/m0/s1. The van der Waals surface area contributed by atoms with E-state index in [2.05, 4.69) is 57.3 Å². The monoisotopic (exact) mass is 372 g/mol. The topological polar surface area (TPSA) is 49.3 Å². The molecule has 28 heavy (non-hydrogen) atoms. The first-order valence-corrected chi connectivity index (χ1v) is 10.0. The van der Waals surface area contributed by atoms with E-state index in [0.717, 1.165) is 32.6 Å². The maximum Gasteiger partial charge on any atom is 0.274 e. The van der Waals surface area contributed by atoms with Gasteiger partial charge in [0.2, 0.25) is 0 Å². The lowest BCUT2D eigenvalue weighted by Gasteiger charge is -2.36. The highest BCUT2D eigenvalue weighted by molar-refractivity contribution is 5.92. The Labute approximate surface area is 165 Å². The van der Waals surface area contributed by atoms with Crippen LogP contribution < -0.4 is 0 Å². The summed E-state index contributed by atoms with van der Waals surface area (Å²) < 4.78 is 0. The summed E-state index contributed by atoms with van der Waals surface area (Å²) in [7, 11) is 0. The number of nitrogens with zero attached hydrogens (tertiary/aromatic N) is 4. The van der Waals surface area contributed by atoms with Gasteiger partial charge in [0.25, 0.3) is 5.91 Å². The predicted octanol–water partition coefficient (Wildman–Crippen LogP) is 3.37. The Morgan fingerprint density at radius 2 is 1.89 bits per heavy atom. The molecule has 0 saturated carbocycles. The van der Waals surface area contributed by atoms with Crippen molar-refractivity contribution < 1.29 is 4.79 Å². The molecule has 4 heterocycles. The number of aromatic nitrogens is 2. The highest BCUT2D eigenvalue weighted by Crippen LogP contribution is 2.31. The molecule has 3 aliphatic heterocycles. The van der Waals surface area contributed by atoms with E-state index in [9.17, 15) is 4.79 Å². The second-order valence-electron chi connectivity index (χ2n) is 7.97. The largest absolute Gasteiger partial charge is 0.335 e. The number of benzene rings is 2. The van der Waals surface area contributed by atoms with Crippen molar-refractivity contribution in [1.82, 2.24) is 19.8 Å². The molecule has 3 aromatic rings. The molecule has 2 bridgehead atoms. The Bertz CT molecular complexity index is 985. The van der Waals surface area contributed by atoms with Crippen molar-refractivity contribution in [3.63, 3.8) is 0 Å². The minimum atomic E-state index is 0.0111. The molecule has 3 aliphatic rings. The van der Waals surface area contributed by atoms with Crippen molar-refractivity contribution in [2.45, 2.75) is 25.4 Å². The number of piperidine rings is 1. The normalized spacial score (nSPS) is 22.4. The average Bonchev–Trinajstić information content (AvgIpc) is 3.06. The zero-order chi connectivity index (χ0) is 18.9. The highest BCUT2D eigenvalue weighted by Gasteiger charge is 2.37. The Kier molecular flexibility index (Phi) is 4.53. The van der Waals surface area contributed by atoms with E-state index in [1.807, 2.05) is 4.90 Å². The minimum absolute atomic E-state index is 0.0111. The van der Waals surface area contributed by atoms with Gasteiger partial charge in [0.1, 0.15) is 5.69 Å². The SMILES string of the molecule is O=C(c1cnccn1)N1C[C@H]2CC[C@@H](C1)N(Cc1cccc3ccccc13)C2. The summed E-state index contributed by atoms with van der Waals surface area (Å²) in [4.78, 5) is 25.8. The van der Waals surface area contributed by atoms with Crippen molar-refractivity contribution in [1.29, 1.82) is 0 Å². The van der Waals surface area contributed by atoms with E-state index >= 15 is 0 Å². The van der Waals surface area contributed by atoms with Crippen molar-refractivity contribution in [3.8, 4) is 0 Å². The average molecular weight is 372 g/mol. The van der Waals surface area contributed by atoms with Gasteiger partial charge in [-0.3, -0.25) is 14.7 Å². The third-order valence-electron chi connectivity index (χ3n) is 6.15. The first-order chi connectivity index (χ1) is 13.8. The zero-order valence-electron chi connectivity index (χ0n) is 15.9. The van der Waals surface area contributed by atoms with Gasteiger partial charge in [0.15, 0.2) is 0 Å². The van der Waals surface area contributed by atoms with Gasteiger partial charge >= 0.3 is 0 Å². The fourth-order valence-electron chi connectivity index (χ4n) is 4.76. The van der Waals surface area contributed by atoms with Crippen molar-refractivity contribution in [3.05, 3.63) is 72.3 Å². The van der Waals surface area contributed by atoms with Gasteiger partial charge in [-0.05, 0) is 35.1 Å². The number of carbonyl (C=O) groups excluding carboxylic acids is 1. The summed E-state index contributed by atoms with van der Waals surface area (Å²) in [5, 5.41) is 2.62. The lowest BCUT2D eigenvalue weighted by atomic mass is 9.94. The van der Waals surface area contributed by atoms with E-state index in [4.69, 9.17) is 0 Å². The van der Waals surface area contributed by atoms with Gasteiger partial charge in [0, 0.05) is 44.6 Å². The summed E-state index contributed by atoms with van der Waals surface area (Å²) in [6.07, 6.45) is 7.12. The van der Waals surface area contributed by atoms with Gasteiger partial charge in [-0.2, -0.15) is 0 Å². The second kappa shape index (κ2) is 7.32. The van der Waals surface area contributed by atoms with Crippen LogP contribution in [0.4, 0.5) is 0 Å². The molecular formula is C23H24N4O. The quantitative estimate of drug-likeness (QED) is 0.707. The van der Waals surface area contributed by atoms with Gasteiger partial charge in [-0.15, -0.1) is 0 Å². The lowest BCUT2D eigenvalue weighted by molar-refractivity contribution is 0.0729. The summed E-state index contributed by atoms with van der Waals surface area (Å²) in [6, 6.07) is 15.6. The molecule has 5 nitrogen and oxygen atoms in total. The molecule has 1 amide bonds. The van der Waals surface area contributed by atoms with Crippen LogP contribution in [0.15, 0.2) is 61.1 Å². The maximum absolute atomic E-state index is 12.9. The molecule has 1 aromatic heterocycles. The van der Waals surface area contributed by atoms with Gasteiger partial charge in [0.05, 0.1) is 6.20 Å². The van der Waals surface area contributed by atoms with Crippen LogP contribution in [0.5, 0.6) is 0 Å². The Morgan fingerprint density at radius 3 is 2.79 bits per heavy atom. The first-order valence-electron chi connectivity index (χ1n) is 10.0. The van der Waals surface area contributed by atoms with E-state index < -0.39 is 0 Å². The minimum Gasteiger partial charge on any atom is -0.335 e. The molecule has 0 aliphatic carbocycles. The summed E-state index contributed by atoms with van der Waals surface area (Å²) in [6.45, 7) is 3.59. The molecule has 0 N–H and O–H groups in total. The van der Waals surface area contributed by atoms with Crippen LogP contribution in [0, 0.1) is 5.92 Å². The number of rotatable bonds is 3. The number of hydrogen-bond acceptors (Lipinski definition) is 4. The molecule has 142 valence electrons. The van der Waals surface area contributed by atoms with Crippen LogP contribution in [0.3, 0.4) is 0 Å². The molecule has 5 heteroatoms. The molecule has 0 unspecified atom stereocenters. The molecule has 0 spiro atoms. The molecule has 2 atom stereocenters. The number of carbonyl (C=O) groups is 1. The van der Waals surface area contributed by atoms with Crippen molar-refractivity contribution in [2.75, 3.05) is 19.6 Å². The summed E-state index contributed by atoms with van der Waals surface area (Å²) >= 11 is 0. The van der Waals surface area contributed by atoms with E-state index in [-0.39, 0.29) is 5.91 Å². The number of hydrogen-bond donors (Lipinski definition) is 0. The smallest absolute Gasteiger partial charge is 0.274 e. The van der Waals surface area contributed by atoms with Crippen LogP contribution in [0.1, 0.15) is 28.9 Å². The van der Waals surface area contributed by atoms with Crippen LogP contribution in [-0.2, 0) is 6.54 Å². The number of fused-ring (bicyclic) bond motifs is 5. The first kappa shape index (κ1) is 17.3. The molecular weight excluding hydrogens is 348 g/mol. The summed E-state index contributed by atoms with van der Waals surface area (Å²) in [5.41, 5.74) is 1.82. The second-order valence-corrected chi connectivity index (χ2v) is 7.97. The van der Waals surface area contributed by atoms with E-state index in [1.165, 1.54) is 22.8 Å². The Morgan fingerprint density at radius 1 is 1.00 bits per heavy atom. The predicted molar refractivity (Wildman–Crippen MR) is 109 cm³/mol. The zero-order valence-corrected chi connectivity index (χ0v) is 15.9. The van der Waals surface area contributed by atoms with E-state index in [1.54, 1.807) is 18.6 Å². The number of amides is 1. The molecule has 0 radical (unpaired) electrons. The molecule has 6 rings (SSSR count). The molecule has 2 aromatic carbocycles. The van der Waals surface area contributed by atoms with Crippen LogP contribution in [0.25, 0.3) is 10.8 Å². The molecule has 3 fully saturated rings. The van der Waals surface area contributed by atoms with Crippen molar-refractivity contribution in [2.24, 2.45) is 5.92 Å². The summed E-state index contributed by atoms with van der Waals surface area (Å²) in [5.74, 6) is 0.534. The lowest BCUT2D eigenvalue weighted by Crippen LogP contribution is -2.44. The Balaban J connectivity index is 1.38. The van der Waals surface area contributed by atoms with Gasteiger partial charge < -0.3 is 4.90 Å². The van der Waals surface area contributed by atoms with Crippen LogP contribution in [0.2, 0.25) is 0 Å². The third kappa shape index (κ3) is 3.27. The van der Waals surface area contributed by atoms with Gasteiger partial charge in [-0.1, -0.05) is 42.5 Å². The molecule has 3 saturated heterocycles. The third-order valence-corrected chi connectivity index (χ3v) is 6.15.